The van der Waals surface area contributed by atoms with Gasteiger partial charge in [-0.25, -0.2) is 14.6 Å². The van der Waals surface area contributed by atoms with Crippen molar-refractivity contribution in [2.45, 2.75) is 26.1 Å². The van der Waals surface area contributed by atoms with Gasteiger partial charge >= 0.3 is 0 Å². The molecule has 25 heavy (non-hydrogen) atoms. The summed E-state index contributed by atoms with van der Waals surface area (Å²) in [4.78, 5) is 20.4. The van der Waals surface area contributed by atoms with E-state index < -0.39 is 6.04 Å². The Morgan fingerprint density at radius 1 is 1.24 bits per heavy atom. The Kier molecular flexibility index (Phi) is 5.36. The number of carbonyl (C=O) groups is 1. The first kappa shape index (κ1) is 16.6. The van der Waals surface area contributed by atoms with Crippen LogP contribution in [0.3, 0.4) is 0 Å². The summed E-state index contributed by atoms with van der Waals surface area (Å²) in [5.74, 6) is 0.364. The summed E-state index contributed by atoms with van der Waals surface area (Å²) in [6.45, 7) is 2.52. The van der Waals surface area contributed by atoms with Crippen LogP contribution in [-0.4, -0.2) is 25.7 Å². The third-order valence-corrected chi connectivity index (χ3v) is 3.73. The van der Waals surface area contributed by atoms with E-state index in [9.17, 15) is 4.79 Å². The molecule has 0 saturated heterocycles. The zero-order valence-corrected chi connectivity index (χ0v) is 13.9. The van der Waals surface area contributed by atoms with Crippen LogP contribution in [0.2, 0.25) is 0 Å². The van der Waals surface area contributed by atoms with Crippen LogP contribution in [0.25, 0.3) is 0 Å². The van der Waals surface area contributed by atoms with E-state index in [0.717, 1.165) is 11.1 Å². The Labute approximate surface area is 145 Å². The van der Waals surface area contributed by atoms with Gasteiger partial charge in [-0.1, -0.05) is 36.4 Å². The molecule has 0 spiro atoms. The Morgan fingerprint density at radius 3 is 2.84 bits per heavy atom. The standard InChI is InChI=1S/C18H19N5O2/c1-14(23-13-19-12-22-23)17(24)21-10-16-8-5-9-20-18(16)25-11-15-6-3-2-4-7-15/h2-9,12-14H,10-11H2,1H3,(H,21,24). The number of carbonyl (C=O) groups excluding carboxylic acids is 1. The monoisotopic (exact) mass is 337 g/mol. The molecule has 7 nitrogen and oxygen atoms in total. The molecular formula is C18H19N5O2. The molecule has 1 unspecified atom stereocenters. The highest BCUT2D eigenvalue weighted by Crippen LogP contribution is 2.16. The molecule has 0 aliphatic heterocycles. The van der Waals surface area contributed by atoms with Crippen LogP contribution in [-0.2, 0) is 17.9 Å². The predicted molar refractivity (Wildman–Crippen MR) is 91.6 cm³/mol. The average molecular weight is 337 g/mol. The van der Waals surface area contributed by atoms with Crippen LogP contribution in [0.15, 0.2) is 61.3 Å². The summed E-state index contributed by atoms with van der Waals surface area (Å²) in [6, 6.07) is 13.1. The van der Waals surface area contributed by atoms with Gasteiger partial charge in [-0.05, 0) is 18.6 Å². The van der Waals surface area contributed by atoms with Crippen molar-refractivity contribution in [1.82, 2.24) is 25.1 Å². The second-order valence-corrected chi connectivity index (χ2v) is 5.51. The van der Waals surface area contributed by atoms with Gasteiger partial charge in [0.2, 0.25) is 11.8 Å². The molecule has 3 aromatic rings. The molecule has 0 bridgehead atoms. The van der Waals surface area contributed by atoms with Crippen molar-refractivity contribution in [3.05, 3.63) is 72.4 Å². The number of nitrogens with zero attached hydrogens (tertiary/aromatic N) is 4. The molecule has 2 heterocycles. The molecule has 0 aliphatic carbocycles. The lowest BCUT2D eigenvalue weighted by atomic mass is 10.2. The average Bonchev–Trinajstić information content (AvgIpc) is 3.20. The molecule has 7 heteroatoms. The zero-order chi connectivity index (χ0) is 17.5. The third-order valence-electron chi connectivity index (χ3n) is 3.73. The molecule has 1 atom stereocenters. The molecule has 1 N–H and O–H groups in total. The van der Waals surface area contributed by atoms with Gasteiger partial charge in [0.05, 0.1) is 0 Å². The number of rotatable bonds is 7. The maximum Gasteiger partial charge on any atom is 0.244 e. The van der Waals surface area contributed by atoms with E-state index in [1.165, 1.54) is 17.3 Å². The minimum absolute atomic E-state index is 0.150. The van der Waals surface area contributed by atoms with Crippen molar-refractivity contribution < 1.29 is 9.53 Å². The molecule has 0 radical (unpaired) electrons. The quantitative estimate of drug-likeness (QED) is 0.714. The zero-order valence-electron chi connectivity index (χ0n) is 13.9. The van der Waals surface area contributed by atoms with Gasteiger partial charge in [-0.15, -0.1) is 0 Å². The molecule has 2 aromatic heterocycles. The van der Waals surface area contributed by atoms with Gasteiger partial charge in [0.15, 0.2) is 0 Å². The number of nitrogens with one attached hydrogen (secondary N) is 1. The first-order valence-electron chi connectivity index (χ1n) is 7.96. The number of hydrogen-bond acceptors (Lipinski definition) is 5. The summed E-state index contributed by atoms with van der Waals surface area (Å²) >= 11 is 0. The summed E-state index contributed by atoms with van der Waals surface area (Å²) in [5.41, 5.74) is 1.88. The van der Waals surface area contributed by atoms with E-state index in [1.807, 2.05) is 42.5 Å². The predicted octanol–water partition coefficient (Wildman–Crippen LogP) is 2.13. The fourth-order valence-electron chi connectivity index (χ4n) is 2.28. The molecule has 0 fully saturated rings. The van der Waals surface area contributed by atoms with Crippen molar-refractivity contribution >= 4 is 5.91 Å². The molecular weight excluding hydrogens is 318 g/mol. The minimum atomic E-state index is -0.437. The Hall–Kier alpha value is -3.22. The summed E-state index contributed by atoms with van der Waals surface area (Å²) in [5, 5.41) is 6.86. The van der Waals surface area contributed by atoms with Crippen LogP contribution in [0.5, 0.6) is 5.88 Å². The number of benzene rings is 1. The van der Waals surface area contributed by atoms with E-state index >= 15 is 0 Å². The van der Waals surface area contributed by atoms with Gasteiger partial charge in [0, 0.05) is 18.3 Å². The minimum Gasteiger partial charge on any atom is -0.473 e. The van der Waals surface area contributed by atoms with Crippen LogP contribution in [0.1, 0.15) is 24.1 Å². The van der Waals surface area contributed by atoms with E-state index in [1.54, 1.807) is 13.1 Å². The lowest BCUT2D eigenvalue weighted by molar-refractivity contribution is -0.124. The third kappa shape index (κ3) is 4.41. The van der Waals surface area contributed by atoms with Crippen molar-refractivity contribution in [2.75, 3.05) is 0 Å². The fourth-order valence-corrected chi connectivity index (χ4v) is 2.28. The highest BCUT2D eigenvalue weighted by atomic mass is 16.5. The highest BCUT2D eigenvalue weighted by Gasteiger charge is 2.16. The van der Waals surface area contributed by atoms with Crippen LogP contribution < -0.4 is 10.1 Å². The number of amides is 1. The fraction of sp³-hybridized carbons (Fsp3) is 0.222. The Morgan fingerprint density at radius 2 is 2.08 bits per heavy atom. The van der Waals surface area contributed by atoms with Gasteiger partial charge in [0.1, 0.15) is 25.3 Å². The number of pyridine rings is 1. The number of ether oxygens (including phenoxy) is 1. The molecule has 0 aliphatic rings. The van der Waals surface area contributed by atoms with Crippen LogP contribution in [0.4, 0.5) is 0 Å². The highest BCUT2D eigenvalue weighted by molar-refractivity contribution is 5.79. The first-order chi connectivity index (χ1) is 12.2. The van der Waals surface area contributed by atoms with Crippen molar-refractivity contribution in [2.24, 2.45) is 0 Å². The number of hydrogen-bond donors (Lipinski definition) is 1. The molecule has 1 amide bonds. The number of aromatic nitrogens is 4. The van der Waals surface area contributed by atoms with E-state index in [2.05, 4.69) is 20.4 Å². The summed E-state index contributed by atoms with van der Waals surface area (Å²) < 4.78 is 7.30. The van der Waals surface area contributed by atoms with Gasteiger partial charge in [-0.2, -0.15) is 5.10 Å². The normalized spacial score (nSPS) is 11.7. The van der Waals surface area contributed by atoms with Crippen molar-refractivity contribution in [1.29, 1.82) is 0 Å². The lowest BCUT2D eigenvalue weighted by Gasteiger charge is -2.14. The summed E-state index contributed by atoms with van der Waals surface area (Å²) in [6.07, 6.45) is 4.59. The second kappa shape index (κ2) is 8.05. The Balaban J connectivity index is 1.60. The topological polar surface area (TPSA) is 81.9 Å². The smallest absolute Gasteiger partial charge is 0.244 e. The van der Waals surface area contributed by atoms with E-state index in [-0.39, 0.29) is 5.91 Å². The molecule has 1 aromatic carbocycles. The maximum absolute atomic E-state index is 12.2. The lowest BCUT2D eigenvalue weighted by Crippen LogP contribution is -2.31. The van der Waals surface area contributed by atoms with Crippen LogP contribution in [0, 0.1) is 0 Å². The van der Waals surface area contributed by atoms with E-state index in [0.29, 0.717) is 19.0 Å². The Bertz CT molecular complexity index is 805. The maximum atomic E-state index is 12.2. The second-order valence-electron chi connectivity index (χ2n) is 5.51. The van der Waals surface area contributed by atoms with E-state index in [4.69, 9.17) is 4.74 Å². The van der Waals surface area contributed by atoms with Gasteiger partial charge in [0.25, 0.3) is 0 Å². The van der Waals surface area contributed by atoms with Crippen molar-refractivity contribution in [3.8, 4) is 5.88 Å². The van der Waals surface area contributed by atoms with Crippen LogP contribution >= 0.6 is 0 Å². The molecule has 0 saturated carbocycles. The SMILES string of the molecule is CC(C(=O)NCc1cccnc1OCc1ccccc1)n1cncn1. The first-order valence-corrected chi connectivity index (χ1v) is 7.96. The summed E-state index contributed by atoms with van der Waals surface area (Å²) in [7, 11) is 0. The van der Waals surface area contributed by atoms with Gasteiger partial charge in [-0.3, -0.25) is 4.79 Å². The molecule has 128 valence electrons. The van der Waals surface area contributed by atoms with Crippen molar-refractivity contribution in [3.63, 3.8) is 0 Å². The largest absolute Gasteiger partial charge is 0.473 e. The molecule has 3 rings (SSSR count). The van der Waals surface area contributed by atoms with Gasteiger partial charge < -0.3 is 10.1 Å².